The van der Waals surface area contributed by atoms with Crippen molar-refractivity contribution in [2.24, 2.45) is 0 Å². The van der Waals surface area contributed by atoms with Gasteiger partial charge in [-0.05, 0) is 17.6 Å². The minimum atomic E-state index is -0.254. The van der Waals surface area contributed by atoms with Crippen LogP contribution in [0.2, 0.25) is 0 Å². The Morgan fingerprint density at radius 3 is 2.83 bits per heavy atom. The van der Waals surface area contributed by atoms with Crippen LogP contribution in [0, 0.1) is 0 Å². The highest BCUT2D eigenvalue weighted by molar-refractivity contribution is 6.61. The van der Waals surface area contributed by atoms with Crippen LogP contribution in [0.1, 0.15) is 0 Å². The molecule has 4 nitrogen and oxygen atoms in total. The first-order valence-electron chi connectivity index (χ1n) is 3.81. The first-order chi connectivity index (χ1) is 5.86. The molecule has 1 aromatic rings. The first kappa shape index (κ1) is 7.58. The van der Waals surface area contributed by atoms with Gasteiger partial charge in [-0.1, -0.05) is 0 Å². The molecule has 2 rings (SSSR count). The highest BCUT2D eigenvalue weighted by Gasteiger charge is 2.25. The lowest BCUT2D eigenvalue weighted by Crippen LogP contribution is -2.31. The predicted molar refractivity (Wildman–Crippen MR) is 45.9 cm³/mol. The van der Waals surface area contributed by atoms with E-state index in [2.05, 4.69) is 4.98 Å². The lowest BCUT2D eigenvalue weighted by atomic mass is 9.80. The van der Waals surface area contributed by atoms with Gasteiger partial charge in [0.05, 0.1) is 13.2 Å². The summed E-state index contributed by atoms with van der Waals surface area (Å²) in [7, 11) is -0.254. The van der Waals surface area contributed by atoms with Crippen molar-refractivity contribution in [2.45, 2.75) is 0 Å². The number of anilines is 1. The van der Waals surface area contributed by atoms with Crippen LogP contribution < -0.4 is 11.2 Å². The van der Waals surface area contributed by atoms with Crippen LogP contribution in [-0.4, -0.2) is 25.3 Å². The van der Waals surface area contributed by atoms with Crippen molar-refractivity contribution in [3.63, 3.8) is 0 Å². The van der Waals surface area contributed by atoms with Crippen LogP contribution in [0.5, 0.6) is 0 Å². The summed E-state index contributed by atoms with van der Waals surface area (Å²) in [4.78, 5) is 3.88. The molecule has 12 heavy (non-hydrogen) atoms. The Morgan fingerprint density at radius 2 is 2.17 bits per heavy atom. The Kier molecular flexibility index (Phi) is 1.97. The fourth-order valence-corrected chi connectivity index (χ4v) is 1.16. The van der Waals surface area contributed by atoms with E-state index in [-0.39, 0.29) is 7.12 Å². The Morgan fingerprint density at radius 1 is 1.42 bits per heavy atom. The number of nitrogens with two attached hydrogens (primary N) is 1. The Bertz CT molecular complexity index is 276. The van der Waals surface area contributed by atoms with Gasteiger partial charge in [0.15, 0.2) is 0 Å². The lowest BCUT2D eigenvalue weighted by molar-refractivity contribution is 0.365. The second-order valence-corrected chi connectivity index (χ2v) is 2.59. The molecular formula is C7H9BN2O2. The van der Waals surface area contributed by atoms with Gasteiger partial charge in [0.25, 0.3) is 0 Å². The van der Waals surface area contributed by atoms with E-state index >= 15 is 0 Å². The largest absolute Gasteiger partial charge is 0.494 e. The summed E-state index contributed by atoms with van der Waals surface area (Å²) in [5, 5.41) is 0. The fraction of sp³-hybridized carbons (Fsp3) is 0.286. The van der Waals surface area contributed by atoms with E-state index in [1.54, 1.807) is 12.3 Å². The molecule has 1 aliphatic rings. The molecule has 1 saturated heterocycles. The van der Waals surface area contributed by atoms with Crippen molar-refractivity contribution in [3.8, 4) is 0 Å². The molecule has 2 heterocycles. The summed E-state index contributed by atoms with van der Waals surface area (Å²) in [5.74, 6) is 0.492. The second kappa shape index (κ2) is 3.12. The molecule has 62 valence electrons. The van der Waals surface area contributed by atoms with Gasteiger partial charge in [0.1, 0.15) is 5.82 Å². The maximum absolute atomic E-state index is 5.50. The smallest absolute Gasteiger partial charge is 0.405 e. The molecule has 0 unspecified atom stereocenters. The maximum atomic E-state index is 5.50. The van der Waals surface area contributed by atoms with Gasteiger partial charge >= 0.3 is 7.12 Å². The average molecular weight is 164 g/mol. The number of hydrogen-bond donors (Lipinski definition) is 1. The molecule has 1 aromatic heterocycles. The second-order valence-electron chi connectivity index (χ2n) is 2.59. The maximum Gasteiger partial charge on any atom is 0.494 e. The summed E-state index contributed by atoms with van der Waals surface area (Å²) >= 11 is 0. The molecule has 0 aromatic carbocycles. The first-order valence-corrected chi connectivity index (χ1v) is 3.81. The van der Waals surface area contributed by atoms with Gasteiger partial charge in [-0.25, -0.2) is 4.98 Å². The number of pyridine rings is 1. The van der Waals surface area contributed by atoms with Crippen molar-refractivity contribution in [3.05, 3.63) is 18.3 Å². The molecule has 0 atom stereocenters. The predicted octanol–water partition coefficient (Wildman–Crippen LogP) is -0.594. The monoisotopic (exact) mass is 164 g/mol. The van der Waals surface area contributed by atoms with Crippen molar-refractivity contribution < 1.29 is 9.31 Å². The quantitative estimate of drug-likeness (QED) is 0.563. The zero-order valence-electron chi connectivity index (χ0n) is 6.56. The molecule has 1 aliphatic heterocycles. The van der Waals surface area contributed by atoms with Gasteiger partial charge < -0.3 is 15.0 Å². The van der Waals surface area contributed by atoms with Crippen molar-refractivity contribution in [2.75, 3.05) is 18.9 Å². The minimum Gasteiger partial charge on any atom is -0.405 e. The van der Waals surface area contributed by atoms with Gasteiger partial charge in [0, 0.05) is 6.20 Å². The summed E-state index contributed by atoms with van der Waals surface area (Å²) < 4.78 is 10.6. The van der Waals surface area contributed by atoms with E-state index in [9.17, 15) is 0 Å². The fourth-order valence-electron chi connectivity index (χ4n) is 1.16. The van der Waals surface area contributed by atoms with Crippen molar-refractivity contribution >= 4 is 18.4 Å². The SMILES string of the molecule is Nc1cc(B2OCCO2)ccn1. The highest BCUT2D eigenvalue weighted by atomic mass is 16.6. The highest BCUT2D eigenvalue weighted by Crippen LogP contribution is 2.01. The van der Waals surface area contributed by atoms with Crippen LogP contribution in [0.4, 0.5) is 5.82 Å². The third-order valence-electron chi connectivity index (χ3n) is 1.70. The molecule has 0 bridgehead atoms. The topological polar surface area (TPSA) is 57.4 Å². The number of hydrogen-bond acceptors (Lipinski definition) is 4. The summed E-state index contributed by atoms with van der Waals surface area (Å²) in [6.45, 7) is 1.29. The minimum absolute atomic E-state index is 0.254. The average Bonchev–Trinajstić information content (AvgIpc) is 2.56. The van der Waals surface area contributed by atoms with E-state index < -0.39 is 0 Å². The standard InChI is InChI=1S/C7H9BN2O2/c9-7-5-6(1-2-10-7)8-11-3-4-12-8/h1-2,5H,3-4H2,(H2,9,10). The molecule has 2 N–H and O–H groups in total. The van der Waals surface area contributed by atoms with Crippen molar-refractivity contribution in [1.82, 2.24) is 4.98 Å². The van der Waals surface area contributed by atoms with Gasteiger partial charge in [0.2, 0.25) is 0 Å². The van der Waals surface area contributed by atoms with E-state index in [0.717, 1.165) is 5.46 Å². The normalized spacial score (nSPS) is 16.8. The Labute approximate surface area is 70.8 Å². The van der Waals surface area contributed by atoms with Gasteiger partial charge in [-0.2, -0.15) is 0 Å². The lowest BCUT2D eigenvalue weighted by Gasteiger charge is -2.03. The number of nitrogens with zero attached hydrogens (tertiary/aromatic N) is 1. The molecule has 0 aliphatic carbocycles. The summed E-state index contributed by atoms with van der Waals surface area (Å²) in [5.41, 5.74) is 6.43. The third kappa shape index (κ3) is 1.42. The van der Waals surface area contributed by atoms with E-state index in [1.807, 2.05) is 6.07 Å². The molecule has 0 radical (unpaired) electrons. The summed E-state index contributed by atoms with van der Waals surface area (Å²) in [6.07, 6.45) is 1.65. The van der Waals surface area contributed by atoms with Crippen molar-refractivity contribution in [1.29, 1.82) is 0 Å². The van der Waals surface area contributed by atoms with Crippen LogP contribution in [0.3, 0.4) is 0 Å². The summed E-state index contributed by atoms with van der Waals surface area (Å²) in [6, 6.07) is 3.60. The number of nitrogen functional groups attached to an aromatic ring is 1. The number of aromatic nitrogens is 1. The molecule has 0 amide bonds. The van der Waals surface area contributed by atoms with E-state index in [0.29, 0.717) is 19.0 Å². The molecule has 1 fully saturated rings. The van der Waals surface area contributed by atoms with E-state index in [1.165, 1.54) is 0 Å². The third-order valence-corrected chi connectivity index (χ3v) is 1.70. The molecule has 0 saturated carbocycles. The Hall–Kier alpha value is -1.07. The zero-order valence-corrected chi connectivity index (χ0v) is 6.56. The van der Waals surface area contributed by atoms with Crippen LogP contribution in [0.15, 0.2) is 18.3 Å². The molecule has 0 spiro atoms. The van der Waals surface area contributed by atoms with Crippen LogP contribution in [0.25, 0.3) is 0 Å². The van der Waals surface area contributed by atoms with Gasteiger partial charge in [-0.3, -0.25) is 0 Å². The zero-order chi connectivity index (χ0) is 8.39. The number of rotatable bonds is 1. The molecular weight excluding hydrogens is 155 g/mol. The van der Waals surface area contributed by atoms with Crippen LogP contribution in [-0.2, 0) is 9.31 Å². The van der Waals surface area contributed by atoms with E-state index in [4.69, 9.17) is 15.0 Å². The molecule has 5 heteroatoms. The van der Waals surface area contributed by atoms with Gasteiger partial charge in [-0.15, -0.1) is 0 Å². The van der Waals surface area contributed by atoms with Crippen LogP contribution >= 0.6 is 0 Å². The Balaban J connectivity index is 2.21.